The van der Waals surface area contributed by atoms with Crippen LogP contribution in [0.15, 0.2) is 36.7 Å². The summed E-state index contributed by atoms with van der Waals surface area (Å²) in [5, 5.41) is 0. The average Bonchev–Trinajstić information content (AvgIpc) is 3.14. The summed E-state index contributed by atoms with van der Waals surface area (Å²) >= 11 is 0. The SMILES string of the molecule is COC(=O)c1ccc(N2C[C@@H](Oc3ccc(OC(F)(F)F)cn3)C[C@H]2COC(F)F)nc1. The van der Waals surface area contributed by atoms with E-state index < -0.39 is 36.8 Å². The molecule has 13 heteroatoms. The first kappa shape index (κ1) is 23.4. The highest BCUT2D eigenvalue weighted by Crippen LogP contribution is 2.29. The van der Waals surface area contributed by atoms with E-state index in [9.17, 15) is 26.7 Å². The van der Waals surface area contributed by atoms with Crippen LogP contribution in [0.2, 0.25) is 0 Å². The van der Waals surface area contributed by atoms with E-state index in [0.717, 1.165) is 12.3 Å². The van der Waals surface area contributed by atoms with Crippen molar-refractivity contribution in [1.29, 1.82) is 0 Å². The Hall–Kier alpha value is -3.22. The second kappa shape index (κ2) is 9.94. The Kier molecular flexibility index (Phi) is 7.28. The molecule has 1 saturated heterocycles. The van der Waals surface area contributed by atoms with Gasteiger partial charge in [0.2, 0.25) is 5.88 Å². The van der Waals surface area contributed by atoms with Gasteiger partial charge in [0, 0.05) is 18.7 Å². The molecule has 8 nitrogen and oxygen atoms in total. The van der Waals surface area contributed by atoms with Crippen LogP contribution in [-0.2, 0) is 9.47 Å². The van der Waals surface area contributed by atoms with Crippen LogP contribution in [0.25, 0.3) is 0 Å². The zero-order valence-electron chi connectivity index (χ0n) is 16.6. The molecule has 1 fully saturated rings. The molecule has 1 aliphatic rings. The number of esters is 1. The van der Waals surface area contributed by atoms with E-state index in [-0.39, 0.29) is 31.0 Å². The Bertz CT molecular complexity index is 896. The van der Waals surface area contributed by atoms with Gasteiger partial charge in [-0.1, -0.05) is 0 Å². The van der Waals surface area contributed by atoms with Crippen LogP contribution in [0.1, 0.15) is 16.8 Å². The van der Waals surface area contributed by atoms with E-state index in [2.05, 4.69) is 24.2 Å². The number of carbonyl (C=O) groups excluding carboxylic acids is 1. The normalized spacial score (nSPS) is 18.7. The molecule has 174 valence electrons. The van der Waals surface area contributed by atoms with E-state index in [1.165, 1.54) is 31.5 Å². The number of alkyl halides is 5. The summed E-state index contributed by atoms with van der Waals surface area (Å²) in [4.78, 5) is 21.2. The van der Waals surface area contributed by atoms with Crippen molar-refractivity contribution < 1.29 is 45.7 Å². The van der Waals surface area contributed by atoms with Crippen molar-refractivity contribution >= 4 is 11.8 Å². The standard InChI is InChI=1S/C19H18F5N3O5/c1-29-17(28)11-2-4-15(25-7-11)27-9-14(6-12(27)10-30-18(20)21)31-16-5-3-13(8-26-16)32-19(22,23)24/h2-5,7-8,12,14,18H,6,9-10H2,1H3/t12-,14-/m0/s1. The molecule has 0 N–H and O–H groups in total. The quantitative estimate of drug-likeness (QED) is 0.435. The lowest BCUT2D eigenvalue weighted by Gasteiger charge is -2.25. The van der Waals surface area contributed by atoms with Crippen LogP contribution in [0.3, 0.4) is 0 Å². The van der Waals surface area contributed by atoms with Crippen LogP contribution < -0.4 is 14.4 Å². The third-order valence-electron chi connectivity index (χ3n) is 4.48. The fraction of sp³-hybridized carbons (Fsp3) is 0.421. The third-order valence-corrected chi connectivity index (χ3v) is 4.48. The van der Waals surface area contributed by atoms with Crippen LogP contribution in [0.4, 0.5) is 27.8 Å². The Labute approximate surface area is 178 Å². The number of ether oxygens (including phenoxy) is 4. The number of anilines is 1. The van der Waals surface area contributed by atoms with Crippen molar-refractivity contribution in [2.24, 2.45) is 0 Å². The molecule has 0 unspecified atom stereocenters. The lowest BCUT2D eigenvalue weighted by atomic mass is 10.2. The van der Waals surface area contributed by atoms with Gasteiger partial charge in [-0.2, -0.15) is 8.78 Å². The van der Waals surface area contributed by atoms with Gasteiger partial charge in [0.15, 0.2) is 0 Å². The van der Waals surface area contributed by atoms with E-state index >= 15 is 0 Å². The number of aromatic nitrogens is 2. The van der Waals surface area contributed by atoms with Crippen molar-refractivity contribution in [3.8, 4) is 11.6 Å². The molecule has 0 spiro atoms. The molecule has 1 aliphatic heterocycles. The summed E-state index contributed by atoms with van der Waals surface area (Å²) in [7, 11) is 1.23. The first-order valence-electron chi connectivity index (χ1n) is 9.24. The Morgan fingerprint density at radius 2 is 1.97 bits per heavy atom. The second-order valence-electron chi connectivity index (χ2n) is 6.65. The van der Waals surface area contributed by atoms with E-state index in [4.69, 9.17) is 4.74 Å². The van der Waals surface area contributed by atoms with E-state index in [0.29, 0.717) is 5.82 Å². The van der Waals surface area contributed by atoms with Gasteiger partial charge in [-0.3, -0.25) is 0 Å². The van der Waals surface area contributed by atoms with Gasteiger partial charge < -0.3 is 23.8 Å². The van der Waals surface area contributed by atoms with Gasteiger partial charge in [-0.15, -0.1) is 13.2 Å². The van der Waals surface area contributed by atoms with Crippen LogP contribution >= 0.6 is 0 Å². The highest BCUT2D eigenvalue weighted by atomic mass is 19.4. The fourth-order valence-electron chi connectivity index (χ4n) is 3.18. The lowest BCUT2D eigenvalue weighted by molar-refractivity contribution is -0.274. The Morgan fingerprint density at radius 3 is 2.53 bits per heavy atom. The average molecular weight is 463 g/mol. The maximum absolute atomic E-state index is 12.6. The molecule has 2 aromatic rings. The van der Waals surface area contributed by atoms with E-state index in [1.54, 1.807) is 4.90 Å². The predicted octanol–water partition coefficient (Wildman–Crippen LogP) is 3.43. The van der Waals surface area contributed by atoms with Gasteiger partial charge in [-0.05, 0) is 18.2 Å². The Balaban J connectivity index is 1.70. The van der Waals surface area contributed by atoms with Crippen LogP contribution in [0, 0.1) is 0 Å². The Morgan fingerprint density at radius 1 is 1.19 bits per heavy atom. The summed E-state index contributed by atoms with van der Waals surface area (Å²) in [5.41, 5.74) is 0.217. The minimum atomic E-state index is -4.84. The highest BCUT2D eigenvalue weighted by molar-refractivity contribution is 5.89. The maximum Gasteiger partial charge on any atom is 0.573 e. The molecule has 3 rings (SSSR count). The minimum absolute atomic E-state index is 0.0360. The molecule has 2 atom stereocenters. The molecule has 0 saturated carbocycles. The number of nitrogens with zero attached hydrogens (tertiary/aromatic N) is 3. The summed E-state index contributed by atoms with van der Waals surface area (Å²) in [6.07, 6.45) is -2.97. The molecular formula is C19H18F5N3O5. The number of hydrogen-bond donors (Lipinski definition) is 0. The number of halogens is 5. The maximum atomic E-state index is 12.6. The zero-order chi connectivity index (χ0) is 23.3. The number of pyridine rings is 2. The van der Waals surface area contributed by atoms with Crippen molar-refractivity contribution in [3.63, 3.8) is 0 Å². The van der Waals surface area contributed by atoms with Crippen molar-refractivity contribution in [2.75, 3.05) is 25.2 Å². The molecule has 0 radical (unpaired) electrons. The number of hydrogen-bond acceptors (Lipinski definition) is 8. The molecule has 0 amide bonds. The van der Waals surface area contributed by atoms with Gasteiger partial charge in [0.25, 0.3) is 0 Å². The number of methoxy groups -OCH3 is 1. The van der Waals surface area contributed by atoms with Crippen molar-refractivity contribution in [3.05, 3.63) is 42.2 Å². The second-order valence-corrected chi connectivity index (χ2v) is 6.65. The largest absolute Gasteiger partial charge is 0.573 e. The van der Waals surface area contributed by atoms with Gasteiger partial charge in [-0.25, -0.2) is 14.8 Å². The molecular weight excluding hydrogens is 445 g/mol. The molecule has 32 heavy (non-hydrogen) atoms. The summed E-state index contributed by atoms with van der Waals surface area (Å²) in [6, 6.07) is 4.74. The van der Waals surface area contributed by atoms with Crippen LogP contribution in [-0.4, -0.2) is 61.3 Å². The first-order valence-corrected chi connectivity index (χ1v) is 9.24. The lowest BCUT2D eigenvalue weighted by Crippen LogP contribution is -2.34. The van der Waals surface area contributed by atoms with Gasteiger partial charge >= 0.3 is 18.9 Å². The third kappa shape index (κ3) is 6.39. The minimum Gasteiger partial charge on any atom is -0.472 e. The van der Waals surface area contributed by atoms with Crippen LogP contribution in [0.5, 0.6) is 11.6 Å². The first-order chi connectivity index (χ1) is 15.1. The van der Waals surface area contributed by atoms with Gasteiger partial charge in [0.05, 0.1) is 38.1 Å². The molecule has 0 aromatic carbocycles. The summed E-state index contributed by atoms with van der Waals surface area (Å²) < 4.78 is 80.4. The zero-order valence-corrected chi connectivity index (χ0v) is 16.6. The predicted molar refractivity (Wildman–Crippen MR) is 98.6 cm³/mol. The van der Waals surface area contributed by atoms with E-state index in [1.807, 2.05) is 0 Å². The van der Waals surface area contributed by atoms with Crippen molar-refractivity contribution in [1.82, 2.24) is 9.97 Å². The fourth-order valence-corrected chi connectivity index (χ4v) is 3.18. The smallest absolute Gasteiger partial charge is 0.472 e. The van der Waals surface area contributed by atoms with Crippen molar-refractivity contribution in [2.45, 2.75) is 31.5 Å². The number of rotatable bonds is 8. The van der Waals surface area contributed by atoms with Gasteiger partial charge in [0.1, 0.15) is 17.7 Å². The monoisotopic (exact) mass is 463 g/mol. The molecule has 0 aliphatic carbocycles. The summed E-state index contributed by atoms with van der Waals surface area (Å²) in [6.45, 7) is -3.07. The molecule has 2 aromatic heterocycles. The molecule has 0 bridgehead atoms. The molecule has 3 heterocycles. The summed E-state index contributed by atoms with van der Waals surface area (Å²) in [5.74, 6) is -0.647. The topological polar surface area (TPSA) is 83.0 Å². The number of carbonyl (C=O) groups is 1. The highest BCUT2D eigenvalue weighted by Gasteiger charge is 2.36.